The number of benzene rings is 3. The Morgan fingerprint density at radius 1 is 0.872 bits per heavy atom. The predicted molar refractivity (Wildman–Crippen MR) is 153 cm³/mol. The monoisotopic (exact) mass is 532 g/mol. The summed E-state index contributed by atoms with van der Waals surface area (Å²) in [5.74, 6) is 0.298. The Hall–Kier alpha value is -3.84. The molecule has 39 heavy (non-hydrogen) atoms. The number of phenolic OH excluding ortho intramolecular Hbond substituents is 1. The molecular weight excluding hydrogens is 492 g/mol. The smallest absolute Gasteiger partial charge is 0.258 e. The minimum Gasteiger partial charge on any atom is -0.508 e. The molecule has 0 unspecified atom stereocenters. The number of aliphatic hydroxyl groups is 1. The maximum atomic E-state index is 13.0. The highest BCUT2D eigenvalue weighted by atomic mass is 16.5. The number of rotatable bonds is 13. The van der Waals surface area contributed by atoms with Gasteiger partial charge in [0.25, 0.3) is 11.8 Å². The van der Waals surface area contributed by atoms with Crippen LogP contribution in [0.25, 0.3) is 0 Å². The van der Waals surface area contributed by atoms with Gasteiger partial charge in [-0.05, 0) is 73.9 Å². The van der Waals surface area contributed by atoms with Crippen molar-refractivity contribution in [3.63, 3.8) is 0 Å². The van der Waals surface area contributed by atoms with Crippen LogP contribution in [-0.4, -0.2) is 46.8 Å². The molecule has 0 aliphatic rings. The van der Waals surface area contributed by atoms with Crippen molar-refractivity contribution >= 4 is 11.8 Å². The number of hydrogen-bond acceptors (Lipinski definition) is 5. The highest BCUT2D eigenvalue weighted by molar-refractivity contribution is 5.94. The maximum Gasteiger partial charge on any atom is 0.258 e. The lowest BCUT2D eigenvalue weighted by Gasteiger charge is -2.29. The fourth-order valence-electron chi connectivity index (χ4n) is 4.72. The first-order valence-corrected chi connectivity index (χ1v) is 13.4. The quantitative estimate of drug-likeness (QED) is 0.255. The van der Waals surface area contributed by atoms with Gasteiger partial charge < -0.3 is 25.6 Å². The average molecular weight is 533 g/mol. The normalized spacial score (nSPS) is 13.4. The molecule has 0 saturated heterocycles. The molecule has 7 heteroatoms. The predicted octanol–water partition coefficient (Wildman–Crippen LogP) is 4.71. The van der Waals surface area contributed by atoms with Crippen LogP contribution >= 0.6 is 0 Å². The van der Waals surface area contributed by atoms with E-state index in [-0.39, 0.29) is 42.6 Å². The molecule has 208 valence electrons. The van der Waals surface area contributed by atoms with Crippen molar-refractivity contribution in [2.45, 2.75) is 65.1 Å². The Labute approximate surface area is 231 Å². The van der Waals surface area contributed by atoms with Gasteiger partial charge in [-0.15, -0.1) is 0 Å². The summed E-state index contributed by atoms with van der Waals surface area (Å²) in [6.07, 6.45) is 0.385. The van der Waals surface area contributed by atoms with Gasteiger partial charge in [0.15, 0.2) is 6.61 Å². The van der Waals surface area contributed by atoms with E-state index in [1.807, 2.05) is 76.2 Å². The third kappa shape index (κ3) is 9.45. The van der Waals surface area contributed by atoms with Crippen LogP contribution in [0.1, 0.15) is 53.7 Å². The number of aliphatic hydroxyl groups excluding tert-OH is 1. The number of ether oxygens (including phenoxy) is 1. The van der Waals surface area contributed by atoms with E-state index in [9.17, 15) is 19.8 Å². The Morgan fingerprint density at radius 2 is 1.54 bits per heavy atom. The molecule has 0 saturated carbocycles. The second kappa shape index (κ2) is 14.4. The van der Waals surface area contributed by atoms with E-state index in [1.165, 1.54) is 12.1 Å². The Balaban J connectivity index is 1.72. The van der Waals surface area contributed by atoms with Crippen molar-refractivity contribution < 1.29 is 24.5 Å². The van der Waals surface area contributed by atoms with E-state index in [4.69, 9.17) is 4.74 Å². The number of amides is 2. The molecule has 7 nitrogen and oxygen atoms in total. The van der Waals surface area contributed by atoms with Crippen LogP contribution in [0.2, 0.25) is 0 Å². The Bertz CT molecular complexity index is 1210. The summed E-state index contributed by atoms with van der Waals surface area (Å²) in [6, 6.07) is 20.7. The zero-order valence-electron chi connectivity index (χ0n) is 23.2. The Morgan fingerprint density at radius 3 is 2.18 bits per heavy atom. The number of para-hydroxylation sites is 1. The molecule has 3 rings (SSSR count). The van der Waals surface area contributed by atoms with Gasteiger partial charge in [0.1, 0.15) is 11.5 Å². The molecule has 2 amide bonds. The third-order valence-electron chi connectivity index (χ3n) is 6.59. The lowest BCUT2D eigenvalue weighted by atomic mass is 9.92. The van der Waals surface area contributed by atoms with Crippen molar-refractivity contribution in [3.05, 3.63) is 95.1 Å². The number of nitrogens with one attached hydrogen (secondary N) is 2. The van der Waals surface area contributed by atoms with Gasteiger partial charge >= 0.3 is 0 Å². The average Bonchev–Trinajstić information content (AvgIpc) is 2.88. The summed E-state index contributed by atoms with van der Waals surface area (Å²) in [5.41, 5.74) is 3.21. The van der Waals surface area contributed by atoms with E-state index in [2.05, 4.69) is 10.6 Å². The summed E-state index contributed by atoms with van der Waals surface area (Å²) >= 11 is 0. The highest BCUT2D eigenvalue weighted by Gasteiger charge is 2.27. The fourth-order valence-corrected chi connectivity index (χ4v) is 4.72. The summed E-state index contributed by atoms with van der Waals surface area (Å²) in [6.45, 7) is 7.79. The molecule has 0 radical (unpaired) electrons. The van der Waals surface area contributed by atoms with Crippen LogP contribution in [0.3, 0.4) is 0 Å². The maximum absolute atomic E-state index is 13.0. The molecule has 0 aliphatic carbocycles. The third-order valence-corrected chi connectivity index (χ3v) is 6.59. The topological polar surface area (TPSA) is 108 Å². The lowest BCUT2D eigenvalue weighted by Crippen LogP contribution is -2.49. The van der Waals surface area contributed by atoms with Gasteiger partial charge in [0, 0.05) is 11.6 Å². The molecule has 0 aliphatic heterocycles. The van der Waals surface area contributed by atoms with Crippen molar-refractivity contribution in [2.75, 3.05) is 6.61 Å². The highest BCUT2D eigenvalue weighted by Crippen LogP contribution is 2.22. The molecule has 0 fully saturated rings. The second-order valence-electron chi connectivity index (χ2n) is 10.5. The van der Waals surface area contributed by atoms with Crippen molar-refractivity contribution in [1.29, 1.82) is 0 Å². The number of carbonyl (C=O) groups excluding carboxylic acids is 2. The van der Waals surface area contributed by atoms with Gasteiger partial charge in [0.05, 0.1) is 12.1 Å². The first kappa shape index (κ1) is 29.7. The van der Waals surface area contributed by atoms with Crippen LogP contribution < -0.4 is 15.4 Å². The second-order valence-corrected chi connectivity index (χ2v) is 10.5. The van der Waals surface area contributed by atoms with E-state index in [1.54, 1.807) is 12.1 Å². The van der Waals surface area contributed by atoms with Crippen LogP contribution in [-0.2, 0) is 11.2 Å². The standard InChI is InChI=1S/C32H40N2O5/c1-21(2)16-26(33-32(38)25-14-9-15-27(35)18-25)19-29(36)28(17-24-12-6-5-7-13-24)34-30(37)20-39-31-22(3)10-8-11-23(31)4/h5-15,18,21,26,28-29,35-36H,16-17,19-20H2,1-4H3,(H,33,38)(H,34,37)/t26-,28-,29-/m0/s1. The first-order valence-electron chi connectivity index (χ1n) is 13.4. The summed E-state index contributed by atoms with van der Waals surface area (Å²) in [4.78, 5) is 25.9. The zero-order chi connectivity index (χ0) is 28.4. The summed E-state index contributed by atoms with van der Waals surface area (Å²) in [5, 5.41) is 27.1. The molecule has 4 N–H and O–H groups in total. The number of aryl methyl sites for hydroxylation is 2. The number of carbonyl (C=O) groups is 2. The van der Waals surface area contributed by atoms with Crippen molar-refractivity contribution in [3.8, 4) is 11.5 Å². The van der Waals surface area contributed by atoms with Gasteiger partial charge in [-0.1, -0.05) is 68.4 Å². The number of aromatic hydroxyl groups is 1. The summed E-state index contributed by atoms with van der Waals surface area (Å²) < 4.78 is 5.83. The fraction of sp³-hybridized carbons (Fsp3) is 0.375. The van der Waals surface area contributed by atoms with Crippen molar-refractivity contribution in [1.82, 2.24) is 10.6 Å². The SMILES string of the molecule is Cc1cccc(C)c1OCC(=O)N[C@@H](Cc1ccccc1)[C@@H](O)C[C@H](CC(C)C)NC(=O)c1cccc(O)c1. The van der Waals surface area contributed by atoms with Crippen LogP contribution in [0.5, 0.6) is 11.5 Å². The van der Waals surface area contributed by atoms with E-state index in [0.717, 1.165) is 16.7 Å². The molecule has 0 bridgehead atoms. The minimum absolute atomic E-state index is 0.0110. The first-order chi connectivity index (χ1) is 18.6. The molecule has 0 aromatic heterocycles. The molecule has 0 spiro atoms. The van der Waals surface area contributed by atoms with Crippen LogP contribution in [0.4, 0.5) is 0 Å². The van der Waals surface area contributed by atoms with Crippen LogP contribution in [0, 0.1) is 19.8 Å². The molecule has 3 aromatic carbocycles. The zero-order valence-corrected chi connectivity index (χ0v) is 23.2. The summed E-state index contributed by atoms with van der Waals surface area (Å²) in [7, 11) is 0. The van der Waals surface area contributed by atoms with Gasteiger partial charge in [0.2, 0.25) is 0 Å². The number of hydrogen-bond donors (Lipinski definition) is 4. The molecule has 3 atom stereocenters. The Kier molecular flexibility index (Phi) is 10.9. The molecule has 3 aromatic rings. The van der Waals surface area contributed by atoms with Gasteiger partial charge in [-0.2, -0.15) is 0 Å². The van der Waals surface area contributed by atoms with Crippen molar-refractivity contribution in [2.24, 2.45) is 5.92 Å². The minimum atomic E-state index is -0.928. The van der Waals surface area contributed by atoms with E-state index >= 15 is 0 Å². The van der Waals surface area contributed by atoms with E-state index in [0.29, 0.717) is 24.2 Å². The largest absolute Gasteiger partial charge is 0.508 e. The molecular formula is C32H40N2O5. The lowest BCUT2D eigenvalue weighted by molar-refractivity contribution is -0.124. The van der Waals surface area contributed by atoms with E-state index < -0.39 is 12.1 Å². The molecule has 0 heterocycles. The van der Waals surface area contributed by atoms with Crippen LogP contribution in [0.15, 0.2) is 72.8 Å². The number of phenols is 1. The van der Waals surface area contributed by atoms with Gasteiger partial charge in [-0.25, -0.2) is 0 Å². The van der Waals surface area contributed by atoms with Gasteiger partial charge in [-0.3, -0.25) is 9.59 Å².